The number of alkyl halides is 3. The first kappa shape index (κ1) is 24.0. The summed E-state index contributed by atoms with van der Waals surface area (Å²) in [5.74, 6) is 1.21. The second kappa shape index (κ2) is 9.21. The van der Waals surface area contributed by atoms with Crippen molar-refractivity contribution in [3.8, 4) is 17.0 Å². The van der Waals surface area contributed by atoms with Crippen molar-refractivity contribution < 1.29 is 17.9 Å². The highest BCUT2D eigenvalue weighted by Gasteiger charge is 2.37. The molecule has 1 fully saturated rings. The molecule has 1 atom stereocenters. The Hall–Kier alpha value is -4.32. The van der Waals surface area contributed by atoms with Crippen LogP contribution in [-0.4, -0.2) is 70.5 Å². The van der Waals surface area contributed by atoms with Crippen molar-refractivity contribution in [2.75, 3.05) is 48.7 Å². The van der Waals surface area contributed by atoms with Crippen LogP contribution in [-0.2, 0) is 0 Å². The second-order valence-corrected chi connectivity index (χ2v) is 9.44. The Balaban J connectivity index is 1.26. The zero-order chi connectivity index (χ0) is 26.4. The summed E-state index contributed by atoms with van der Waals surface area (Å²) in [6, 6.07) is 11.0. The quantitative estimate of drug-likeness (QED) is 0.267. The second-order valence-electron chi connectivity index (χ2n) is 9.44. The SMILES string of the molecule is N=Cc1ccc(-c2cn3ccnc3c(Nc3ccc4c(c3)OC[C@H]3CN(CC(F)(F)F)CCN43)n2)cc1N. The summed E-state index contributed by atoms with van der Waals surface area (Å²) in [5, 5.41) is 10.8. The smallest absolute Gasteiger partial charge is 0.401 e. The molecule has 38 heavy (non-hydrogen) atoms. The number of ether oxygens (including phenoxy) is 1. The van der Waals surface area contributed by atoms with E-state index >= 15 is 0 Å². The average molecular weight is 523 g/mol. The third kappa shape index (κ3) is 4.58. The number of aromatic nitrogens is 3. The molecule has 2 aromatic heterocycles. The van der Waals surface area contributed by atoms with Crippen molar-refractivity contribution in [3.05, 3.63) is 60.6 Å². The van der Waals surface area contributed by atoms with Crippen LogP contribution in [0.25, 0.3) is 16.9 Å². The van der Waals surface area contributed by atoms with Gasteiger partial charge in [0.05, 0.1) is 24.0 Å². The molecule has 0 spiro atoms. The van der Waals surface area contributed by atoms with Crippen molar-refractivity contribution in [1.29, 1.82) is 5.41 Å². The van der Waals surface area contributed by atoms with Gasteiger partial charge in [0.25, 0.3) is 0 Å². The van der Waals surface area contributed by atoms with Gasteiger partial charge in [-0.25, -0.2) is 9.97 Å². The zero-order valence-electron chi connectivity index (χ0n) is 20.2. The minimum Gasteiger partial charge on any atom is -0.489 e. The summed E-state index contributed by atoms with van der Waals surface area (Å²) < 4.78 is 46.4. The van der Waals surface area contributed by atoms with Crippen molar-refractivity contribution in [2.45, 2.75) is 12.2 Å². The highest BCUT2D eigenvalue weighted by atomic mass is 19.4. The van der Waals surface area contributed by atoms with Crippen LogP contribution in [0.4, 0.5) is 36.1 Å². The van der Waals surface area contributed by atoms with E-state index < -0.39 is 12.7 Å². The number of rotatable bonds is 5. The number of piperazine rings is 1. The van der Waals surface area contributed by atoms with Gasteiger partial charge in [0.1, 0.15) is 12.4 Å². The summed E-state index contributed by atoms with van der Waals surface area (Å²) in [6.07, 6.45) is 2.38. The Morgan fingerprint density at radius 3 is 2.84 bits per heavy atom. The van der Waals surface area contributed by atoms with Gasteiger partial charge in [-0.1, -0.05) is 12.1 Å². The van der Waals surface area contributed by atoms with Crippen LogP contribution in [0, 0.1) is 5.41 Å². The molecule has 12 heteroatoms. The molecule has 2 aromatic carbocycles. The summed E-state index contributed by atoms with van der Waals surface area (Å²) >= 11 is 0. The van der Waals surface area contributed by atoms with Crippen molar-refractivity contribution in [1.82, 2.24) is 19.3 Å². The molecule has 0 radical (unpaired) electrons. The number of imidazole rings is 1. The van der Waals surface area contributed by atoms with E-state index in [1.54, 1.807) is 18.3 Å². The third-order valence-electron chi connectivity index (χ3n) is 6.85. The molecule has 0 bridgehead atoms. The average Bonchev–Trinajstić information content (AvgIpc) is 3.36. The minimum atomic E-state index is -4.21. The van der Waals surface area contributed by atoms with Crippen molar-refractivity contribution in [2.24, 2.45) is 0 Å². The van der Waals surface area contributed by atoms with Gasteiger partial charge in [0.15, 0.2) is 11.5 Å². The predicted octanol–water partition coefficient (Wildman–Crippen LogP) is 4.17. The molecule has 2 aliphatic rings. The number of nitrogens with zero attached hydrogens (tertiary/aromatic N) is 5. The molecular formula is C26H25F3N8O. The number of fused-ring (bicyclic) bond motifs is 4. The standard InChI is InChI=1S/C26H25F3N8O/c27-26(28,29)15-35-7-8-37-19(12-35)14-38-23-10-18(3-4-22(23)37)33-24-25-32-5-6-36(25)13-21(34-24)16-1-2-17(11-30)20(31)9-16/h1-6,9-11,13,19,30H,7-8,12,14-15,31H2,(H,33,34)/t19-/m1/s1. The van der Waals surface area contributed by atoms with Gasteiger partial charge in [-0.05, 0) is 18.2 Å². The van der Waals surface area contributed by atoms with E-state index in [-0.39, 0.29) is 6.04 Å². The highest BCUT2D eigenvalue weighted by Crippen LogP contribution is 2.38. The van der Waals surface area contributed by atoms with E-state index in [1.165, 1.54) is 11.1 Å². The maximum Gasteiger partial charge on any atom is 0.401 e. The molecule has 0 unspecified atom stereocenters. The Kier molecular flexibility index (Phi) is 5.83. The van der Waals surface area contributed by atoms with E-state index in [2.05, 4.69) is 15.2 Å². The molecule has 9 nitrogen and oxygen atoms in total. The van der Waals surface area contributed by atoms with Crippen LogP contribution in [0.2, 0.25) is 0 Å². The van der Waals surface area contributed by atoms with Gasteiger partial charge in [0.2, 0.25) is 0 Å². The number of nitrogen functional groups attached to an aromatic ring is 1. The molecule has 0 saturated carbocycles. The molecule has 4 heterocycles. The number of hydrogen-bond donors (Lipinski definition) is 3. The molecule has 1 saturated heterocycles. The van der Waals surface area contributed by atoms with Crippen LogP contribution in [0.3, 0.4) is 0 Å². The lowest BCUT2D eigenvalue weighted by molar-refractivity contribution is -0.147. The molecule has 196 valence electrons. The Morgan fingerprint density at radius 1 is 1.18 bits per heavy atom. The minimum absolute atomic E-state index is 0.133. The fraction of sp³-hybridized carbons (Fsp3) is 0.269. The molecule has 0 aliphatic carbocycles. The maximum atomic E-state index is 12.9. The largest absolute Gasteiger partial charge is 0.489 e. The van der Waals surface area contributed by atoms with Gasteiger partial charge in [-0.2, -0.15) is 13.2 Å². The molecule has 4 N–H and O–H groups in total. The number of nitrogens with one attached hydrogen (secondary N) is 2. The van der Waals surface area contributed by atoms with Gasteiger partial charge < -0.3 is 30.5 Å². The Bertz CT molecular complexity index is 1520. The zero-order valence-corrected chi connectivity index (χ0v) is 20.2. The number of benzene rings is 2. The molecular weight excluding hydrogens is 497 g/mol. The van der Waals surface area contributed by atoms with Gasteiger partial charge >= 0.3 is 6.18 Å². The topological polar surface area (TPSA) is 108 Å². The van der Waals surface area contributed by atoms with Crippen molar-refractivity contribution in [3.63, 3.8) is 0 Å². The summed E-state index contributed by atoms with van der Waals surface area (Å²) in [4.78, 5) is 12.8. The van der Waals surface area contributed by atoms with Gasteiger partial charge in [-0.15, -0.1) is 0 Å². The maximum absolute atomic E-state index is 12.9. The fourth-order valence-corrected chi connectivity index (χ4v) is 5.06. The monoisotopic (exact) mass is 522 g/mol. The van der Waals surface area contributed by atoms with E-state index in [9.17, 15) is 13.2 Å². The predicted molar refractivity (Wildman–Crippen MR) is 140 cm³/mol. The lowest BCUT2D eigenvalue weighted by Gasteiger charge is -2.45. The molecule has 4 aromatic rings. The highest BCUT2D eigenvalue weighted by molar-refractivity contribution is 5.87. The summed E-state index contributed by atoms with van der Waals surface area (Å²) in [7, 11) is 0. The van der Waals surface area contributed by atoms with Crippen LogP contribution in [0.5, 0.6) is 5.75 Å². The van der Waals surface area contributed by atoms with E-state index in [0.717, 1.165) is 16.9 Å². The summed E-state index contributed by atoms with van der Waals surface area (Å²) in [5.41, 5.74) is 10.9. The lowest BCUT2D eigenvalue weighted by atomic mass is 10.1. The van der Waals surface area contributed by atoms with Gasteiger partial charge in [-0.3, -0.25) is 4.90 Å². The summed E-state index contributed by atoms with van der Waals surface area (Å²) in [6.45, 7) is 0.563. The first-order valence-electron chi connectivity index (χ1n) is 12.1. The van der Waals surface area contributed by atoms with E-state index in [0.29, 0.717) is 60.4 Å². The van der Waals surface area contributed by atoms with Crippen LogP contribution in [0.1, 0.15) is 5.56 Å². The number of anilines is 4. The van der Waals surface area contributed by atoms with E-state index in [4.69, 9.17) is 20.9 Å². The Morgan fingerprint density at radius 2 is 2.05 bits per heavy atom. The van der Waals surface area contributed by atoms with Gasteiger partial charge in [0, 0.05) is 73.0 Å². The van der Waals surface area contributed by atoms with Crippen LogP contribution in [0.15, 0.2) is 55.0 Å². The number of nitrogens with two attached hydrogens (primary N) is 1. The normalized spacial score (nSPS) is 17.6. The van der Waals surface area contributed by atoms with Crippen LogP contribution >= 0.6 is 0 Å². The van der Waals surface area contributed by atoms with Crippen molar-refractivity contribution >= 4 is 34.7 Å². The number of hydrogen-bond acceptors (Lipinski definition) is 8. The van der Waals surface area contributed by atoms with Crippen LogP contribution < -0.4 is 20.7 Å². The first-order chi connectivity index (χ1) is 18.3. The lowest BCUT2D eigenvalue weighted by Crippen LogP contribution is -2.58. The third-order valence-corrected chi connectivity index (χ3v) is 6.85. The Labute approximate surface area is 216 Å². The molecule has 2 aliphatic heterocycles. The van der Waals surface area contributed by atoms with E-state index in [1.807, 2.05) is 41.1 Å². The molecule has 0 amide bonds. The first-order valence-corrected chi connectivity index (χ1v) is 12.1. The molecule has 6 rings (SSSR count). The number of halogens is 3. The fourth-order valence-electron chi connectivity index (χ4n) is 5.06.